The molecule has 0 radical (unpaired) electrons. The number of aromatic nitrogens is 4. The lowest BCUT2D eigenvalue weighted by molar-refractivity contribution is 0.282. The van der Waals surface area contributed by atoms with E-state index in [1.165, 1.54) is 20.5 Å². The highest BCUT2D eigenvalue weighted by molar-refractivity contribution is 6.02. The van der Waals surface area contributed by atoms with Gasteiger partial charge in [0.25, 0.3) is 0 Å². The summed E-state index contributed by atoms with van der Waals surface area (Å²) in [5.41, 5.74) is 5.70. The fourth-order valence-electron chi connectivity index (χ4n) is 3.72. The molecule has 31 heavy (non-hydrogen) atoms. The molecule has 0 amide bonds. The molecule has 1 aliphatic rings. The Morgan fingerprint density at radius 3 is 2.74 bits per heavy atom. The minimum atomic E-state index is -0.307. The molecule has 0 spiro atoms. The topological polar surface area (TPSA) is 86.7 Å². The number of rotatable bonds is 5. The van der Waals surface area contributed by atoms with Crippen molar-refractivity contribution in [2.45, 2.75) is 46.1 Å². The van der Waals surface area contributed by atoms with E-state index in [0.29, 0.717) is 18.0 Å². The van der Waals surface area contributed by atoms with E-state index >= 15 is 0 Å². The number of tetrazole rings is 1. The molecule has 3 aromatic rings. The molecule has 0 fully saturated rings. The van der Waals surface area contributed by atoms with Gasteiger partial charge in [0.05, 0.1) is 11.4 Å². The first-order valence-corrected chi connectivity index (χ1v) is 10.5. The van der Waals surface area contributed by atoms with Crippen LogP contribution in [-0.4, -0.2) is 31.4 Å². The van der Waals surface area contributed by atoms with E-state index in [9.17, 15) is 4.79 Å². The van der Waals surface area contributed by atoms with Crippen molar-refractivity contribution in [3.8, 4) is 5.69 Å². The molecule has 0 aliphatic heterocycles. The molecule has 0 bridgehead atoms. The van der Waals surface area contributed by atoms with Crippen molar-refractivity contribution in [2.75, 3.05) is 0 Å². The van der Waals surface area contributed by atoms with Gasteiger partial charge >= 0.3 is 5.69 Å². The summed E-state index contributed by atoms with van der Waals surface area (Å²) in [5.74, 6) is 0.552. The monoisotopic (exact) mass is 418 g/mol. The highest BCUT2D eigenvalue weighted by Gasteiger charge is 2.16. The smallest absolute Gasteiger partial charge is 0.368 e. The van der Waals surface area contributed by atoms with Crippen LogP contribution in [-0.2, 0) is 24.8 Å². The molecule has 0 N–H and O–H groups in total. The van der Waals surface area contributed by atoms with Crippen LogP contribution in [0.1, 0.15) is 48.4 Å². The Morgan fingerprint density at radius 1 is 1.13 bits per heavy atom. The van der Waals surface area contributed by atoms with Crippen LogP contribution in [0.5, 0.6) is 0 Å². The first-order chi connectivity index (χ1) is 15.1. The second kappa shape index (κ2) is 9.07. The van der Waals surface area contributed by atoms with Gasteiger partial charge in [0, 0.05) is 24.6 Å². The first kappa shape index (κ1) is 20.7. The van der Waals surface area contributed by atoms with Crippen LogP contribution in [0.2, 0.25) is 0 Å². The fraction of sp³-hybridized carbons (Fsp3) is 0.348. The third-order valence-electron chi connectivity index (χ3n) is 5.49. The lowest BCUT2D eigenvalue weighted by Crippen LogP contribution is -2.23. The summed E-state index contributed by atoms with van der Waals surface area (Å²) in [6, 6.07) is 14.1. The molecule has 1 aliphatic carbocycles. The Bertz CT molecular complexity index is 1200. The molecular weight excluding hydrogens is 392 g/mol. The second-order valence-corrected chi connectivity index (χ2v) is 7.56. The number of nitrogens with zero attached hydrogens (tertiary/aromatic N) is 6. The van der Waals surface area contributed by atoms with Gasteiger partial charge in [-0.25, -0.2) is 4.79 Å². The van der Waals surface area contributed by atoms with Crippen molar-refractivity contribution in [3.05, 3.63) is 75.2 Å². The third-order valence-corrected chi connectivity index (χ3v) is 5.49. The van der Waals surface area contributed by atoms with Crippen molar-refractivity contribution in [1.29, 1.82) is 0 Å². The zero-order valence-electron chi connectivity index (χ0n) is 18.1. The molecular formula is C23H26N6O2. The maximum absolute atomic E-state index is 12.3. The van der Waals surface area contributed by atoms with Gasteiger partial charge in [-0.05, 0) is 53.8 Å². The molecule has 0 saturated carbocycles. The number of ether oxygens (including phenoxy) is 1. The molecule has 8 heteroatoms. The molecule has 1 heterocycles. The quantitative estimate of drug-likeness (QED) is 0.361. The third kappa shape index (κ3) is 4.33. The number of aryl methyl sites for hydroxylation is 3. The normalized spacial score (nSPS) is 15.2. The zero-order valence-corrected chi connectivity index (χ0v) is 18.1. The van der Waals surface area contributed by atoms with Crippen molar-refractivity contribution >= 4 is 11.6 Å². The molecule has 0 atom stereocenters. The van der Waals surface area contributed by atoms with E-state index < -0.39 is 0 Å². The number of fused-ring (bicyclic) bond motifs is 1. The van der Waals surface area contributed by atoms with Crippen LogP contribution in [0.25, 0.3) is 5.69 Å². The molecule has 8 nitrogen and oxygen atoms in total. The fourth-order valence-corrected chi connectivity index (χ4v) is 3.72. The maximum Gasteiger partial charge on any atom is 0.368 e. The largest absolute Gasteiger partial charge is 0.475 e. The van der Waals surface area contributed by atoms with Gasteiger partial charge in [-0.1, -0.05) is 43.3 Å². The SMILES string of the molecule is CCC(=NN=C1CCCc2ccccc21)OCc1c(C)cccc1-n1nnn(C)c1=O. The van der Waals surface area contributed by atoms with E-state index in [1.807, 2.05) is 38.1 Å². The van der Waals surface area contributed by atoms with Crippen molar-refractivity contribution in [1.82, 2.24) is 19.8 Å². The van der Waals surface area contributed by atoms with Gasteiger partial charge in [0.15, 0.2) is 0 Å². The van der Waals surface area contributed by atoms with Gasteiger partial charge in [0.1, 0.15) is 6.61 Å². The van der Waals surface area contributed by atoms with Gasteiger partial charge in [0.2, 0.25) is 5.90 Å². The van der Waals surface area contributed by atoms with Crippen LogP contribution < -0.4 is 5.69 Å². The highest BCUT2D eigenvalue weighted by atomic mass is 16.5. The predicted molar refractivity (Wildman–Crippen MR) is 120 cm³/mol. The Morgan fingerprint density at radius 2 is 1.97 bits per heavy atom. The number of benzene rings is 2. The van der Waals surface area contributed by atoms with Crippen LogP contribution in [0, 0.1) is 6.92 Å². The van der Waals surface area contributed by atoms with Gasteiger partial charge < -0.3 is 4.74 Å². The summed E-state index contributed by atoms with van der Waals surface area (Å²) in [7, 11) is 1.57. The van der Waals surface area contributed by atoms with E-state index in [1.54, 1.807) is 7.05 Å². The van der Waals surface area contributed by atoms with E-state index in [-0.39, 0.29) is 12.3 Å². The summed E-state index contributed by atoms with van der Waals surface area (Å²) in [6.45, 7) is 4.23. The van der Waals surface area contributed by atoms with Crippen molar-refractivity contribution in [3.63, 3.8) is 0 Å². The average molecular weight is 419 g/mol. The van der Waals surface area contributed by atoms with Crippen LogP contribution in [0.3, 0.4) is 0 Å². The maximum atomic E-state index is 12.3. The predicted octanol–water partition coefficient (Wildman–Crippen LogP) is 3.34. The standard InChI is InChI=1S/C23H26N6O2/c1-4-22(25-24-20-13-8-11-17-10-5-6-12-18(17)20)31-15-19-16(2)9-7-14-21(19)29-23(30)28(3)26-27-29/h5-7,9-10,12,14H,4,8,11,13,15H2,1-3H3. The molecule has 4 rings (SSSR count). The Labute approximate surface area is 180 Å². The molecule has 160 valence electrons. The van der Waals surface area contributed by atoms with E-state index in [4.69, 9.17) is 4.74 Å². The van der Waals surface area contributed by atoms with Crippen LogP contribution in [0.15, 0.2) is 57.5 Å². The minimum absolute atomic E-state index is 0.263. The van der Waals surface area contributed by atoms with E-state index in [0.717, 1.165) is 36.1 Å². The lowest BCUT2D eigenvalue weighted by atomic mass is 9.90. The van der Waals surface area contributed by atoms with Gasteiger partial charge in [-0.2, -0.15) is 14.5 Å². The summed E-state index contributed by atoms with van der Waals surface area (Å²) in [4.78, 5) is 12.3. The molecule has 0 unspecified atom stereocenters. The number of hydrogen-bond acceptors (Lipinski definition) is 6. The molecule has 2 aromatic carbocycles. The molecule has 1 aromatic heterocycles. The van der Waals surface area contributed by atoms with Gasteiger partial charge in [-0.3, -0.25) is 0 Å². The molecule has 0 saturated heterocycles. The van der Waals surface area contributed by atoms with Crippen LogP contribution in [0.4, 0.5) is 0 Å². The number of hydrogen-bond donors (Lipinski definition) is 0. The first-order valence-electron chi connectivity index (χ1n) is 10.5. The summed E-state index contributed by atoms with van der Waals surface area (Å²) >= 11 is 0. The summed E-state index contributed by atoms with van der Waals surface area (Å²) in [6.07, 6.45) is 3.68. The van der Waals surface area contributed by atoms with Gasteiger partial charge in [-0.15, -0.1) is 5.10 Å². The van der Waals surface area contributed by atoms with E-state index in [2.05, 4.69) is 38.8 Å². The lowest BCUT2D eigenvalue weighted by Gasteiger charge is -2.16. The zero-order chi connectivity index (χ0) is 21.8. The average Bonchev–Trinajstić information content (AvgIpc) is 3.12. The Kier molecular flexibility index (Phi) is 6.06. The summed E-state index contributed by atoms with van der Waals surface area (Å²) in [5, 5.41) is 16.7. The highest BCUT2D eigenvalue weighted by Crippen LogP contribution is 2.22. The van der Waals surface area contributed by atoms with Crippen molar-refractivity contribution in [2.24, 2.45) is 17.3 Å². The minimum Gasteiger partial charge on any atom is -0.475 e. The second-order valence-electron chi connectivity index (χ2n) is 7.56. The van der Waals surface area contributed by atoms with Crippen LogP contribution >= 0.6 is 0 Å². The van der Waals surface area contributed by atoms with Crippen molar-refractivity contribution < 1.29 is 4.74 Å². The Hall–Kier alpha value is -3.55. The summed E-state index contributed by atoms with van der Waals surface area (Å²) < 4.78 is 8.50. The Balaban J connectivity index is 1.58.